The summed E-state index contributed by atoms with van der Waals surface area (Å²) in [5, 5.41) is 42.8. The van der Waals surface area contributed by atoms with Crippen molar-refractivity contribution in [1.29, 1.82) is 0 Å². The maximum absolute atomic E-state index is 13.3. The van der Waals surface area contributed by atoms with Crippen LogP contribution in [0.5, 0.6) is 5.75 Å². The van der Waals surface area contributed by atoms with Gasteiger partial charge in [0.25, 0.3) is 5.91 Å². The number of aromatic hydroxyl groups is 1. The molecule has 3 aliphatic carbocycles. The largest absolute Gasteiger partial charge is 0.511 e. The van der Waals surface area contributed by atoms with Crippen LogP contribution in [-0.2, 0) is 22.4 Å². The standard InChI is InChI=1S/C21H20INO7/c1-2-7-5-11(22)16(25)14-10(7)4-8-3-9-6-12(24)15(20(23)29)19(28)21(9,30)18(27)13(8)17(14)26/h5,8-9,24-25,27,30H,2-4,6H2,1H3,(H2,23,29)/t8-,9+,21+/m1/s1. The highest BCUT2D eigenvalue weighted by atomic mass is 127. The summed E-state index contributed by atoms with van der Waals surface area (Å²) in [4.78, 5) is 37.9. The van der Waals surface area contributed by atoms with Gasteiger partial charge in [-0.2, -0.15) is 0 Å². The Kier molecular flexibility index (Phi) is 4.73. The number of carbonyl (C=O) groups is 3. The molecule has 0 aliphatic heterocycles. The zero-order chi connectivity index (χ0) is 22.1. The summed E-state index contributed by atoms with van der Waals surface area (Å²) in [7, 11) is 0. The van der Waals surface area contributed by atoms with Crippen LogP contribution in [0.3, 0.4) is 0 Å². The van der Waals surface area contributed by atoms with Crippen LogP contribution < -0.4 is 5.73 Å². The lowest BCUT2D eigenvalue weighted by atomic mass is 9.60. The van der Waals surface area contributed by atoms with E-state index in [4.69, 9.17) is 5.73 Å². The molecule has 0 unspecified atom stereocenters. The maximum atomic E-state index is 13.3. The number of hydrogen-bond acceptors (Lipinski definition) is 7. The molecule has 158 valence electrons. The van der Waals surface area contributed by atoms with Gasteiger partial charge in [-0.3, -0.25) is 14.4 Å². The summed E-state index contributed by atoms with van der Waals surface area (Å²) in [6, 6.07) is 1.81. The highest BCUT2D eigenvalue weighted by molar-refractivity contribution is 14.1. The third-order valence-corrected chi connectivity index (χ3v) is 7.31. The fourth-order valence-electron chi connectivity index (χ4n) is 5.04. The second kappa shape index (κ2) is 6.81. The van der Waals surface area contributed by atoms with Crippen LogP contribution in [0.25, 0.3) is 0 Å². The minimum Gasteiger partial charge on any atom is -0.511 e. The highest BCUT2D eigenvalue weighted by Crippen LogP contribution is 2.52. The van der Waals surface area contributed by atoms with E-state index in [0.29, 0.717) is 22.0 Å². The van der Waals surface area contributed by atoms with Crippen molar-refractivity contribution in [3.05, 3.63) is 49.0 Å². The van der Waals surface area contributed by atoms with E-state index in [0.717, 1.165) is 5.56 Å². The van der Waals surface area contributed by atoms with Gasteiger partial charge in [-0.25, -0.2) is 0 Å². The Labute approximate surface area is 185 Å². The molecule has 0 aromatic heterocycles. The zero-order valence-corrected chi connectivity index (χ0v) is 18.2. The summed E-state index contributed by atoms with van der Waals surface area (Å²) in [6.07, 6.45) is 0.885. The van der Waals surface area contributed by atoms with Crippen LogP contribution in [-0.4, -0.2) is 43.5 Å². The molecule has 30 heavy (non-hydrogen) atoms. The summed E-state index contributed by atoms with van der Waals surface area (Å²) in [6.45, 7) is 1.93. The molecule has 3 atom stereocenters. The third kappa shape index (κ3) is 2.57. The molecule has 0 radical (unpaired) electrons. The number of ketones is 2. The van der Waals surface area contributed by atoms with Gasteiger partial charge in [0, 0.05) is 17.9 Å². The molecular formula is C21H20INO7. The van der Waals surface area contributed by atoms with Gasteiger partial charge in [-0.1, -0.05) is 6.92 Å². The molecule has 0 spiro atoms. The van der Waals surface area contributed by atoms with Gasteiger partial charge in [0.05, 0.1) is 9.13 Å². The topological polar surface area (TPSA) is 158 Å². The van der Waals surface area contributed by atoms with Gasteiger partial charge in [-0.15, -0.1) is 0 Å². The number of Topliss-reactive ketones (excluding diaryl/α,β-unsaturated/α-hetero) is 2. The van der Waals surface area contributed by atoms with Crippen molar-refractivity contribution in [3.8, 4) is 5.75 Å². The number of aryl methyl sites for hydroxylation is 1. The van der Waals surface area contributed by atoms with Crippen molar-refractivity contribution in [2.45, 2.75) is 38.2 Å². The predicted molar refractivity (Wildman–Crippen MR) is 113 cm³/mol. The first-order valence-corrected chi connectivity index (χ1v) is 10.6. The quantitative estimate of drug-likeness (QED) is 0.291. The summed E-state index contributed by atoms with van der Waals surface area (Å²) in [5.41, 5.74) is 3.39. The molecule has 8 nitrogen and oxygen atoms in total. The van der Waals surface area contributed by atoms with Crippen molar-refractivity contribution in [2.75, 3.05) is 0 Å². The lowest BCUT2D eigenvalue weighted by molar-refractivity contribution is -0.144. The summed E-state index contributed by atoms with van der Waals surface area (Å²) < 4.78 is 0.486. The number of aliphatic hydroxyl groups is 3. The normalized spacial score (nSPS) is 28.2. The highest BCUT2D eigenvalue weighted by Gasteiger charge is 2.59. The number of amides is 1. The van der Waals surface area contributed by atoms with Crippen LogP contribution in [0.4, 0.5) is 0 Å². The van der Waals surface area contributed by atoms with Crippen LogP contribution in [0, 0.1) is 15.4 Å². The number of halogens is 1. The second-order valence-corrected chi connectivity index (χ2v) is 9.15. The van der Waals surface area contributed by atoms with E-state index >= 15 is 0 Å². The van der Waals surface area contributed by atoms with Crippen molar-refractivity contribution in [2.24, 2.45) is 17.6 Å². The number of aliphatic hydroxyl groups excluding tert-OH is 2. The lowest BCUT2D eigenvalue weighted by Crippen LogP contribution is -2.57. The molecular weight excluding hydrogens is 505 g/mol. The van der Waals surface area contributed by atoms with Crippen molar-refractivity contribution in [3.63, 3.8) is 0 Å². The predicted octanol–water partition coefficient (Wildman–Crippen LogP) is 1.75. The van der Waals surface area contributed by atoms with E-state index in [1.54, 1.807) is 0 Å². The van der Waals surface area contributed by atoms with E-state index in [1.807, 2.05) is 35.6 Å². The number of fused-ring (bicyclic) bond motifs is 3. The number of nitrogens with two attached hydrogens (primary N) is 1. The Morgan fingerprint density at radius 3 is 2.53 bits per heavy atom. The van der Waals surface area contributed by atoms with Crippen LogP contribution in [0.1, 0.15) is 41.3 Å². The Morgan fingerprint density at radius 2 is 1.93 bits per heavy atom. The van der Waals surface area contributed by atoms with Crippen molar-refractivity contribution in [1.82, 2.24) is 0 Å². The van der Waals surface area contributed by atoms with Crippen molar-refractivity contribution >= 4 is 40.1 Å². The third-order valence-electron chi connectivity index (χ3n) is 6.49. The first kappa shape index (κ1) is 20.9. The maximum Gasteiger partial charge on any atom is 0.255 e. The minimum atomic E-state index is -2.53. The van der Waals surface area contributed by atoms with Crippen molar-refractivity contribution < 1.29 is 34.8 Å². The average Bonchev–Trinajstić information content (AvgIpc) is 2.67. The Bertz CT molecular complexity index is 1100. The van der Waals surface area contributed by atoms with Gasteiger partial charge in [0.1, 0.15) is 22.8 Å². The summed E-state index contributed by atoms with van der Waals surface area (Å²) in [5.74, 6) is -6.06. The van der Waals surface area contributed by atoms with Gasteiger partial charge in [-0.05, 0) is 65.0 Å². The molecule has 6 N–H and O–H groups in total. The molecule has 0 bridgehead atoms. The van der Waals surface area contributed by atoms with Crippen LogP contribution >= 0.6 is 22.6 Å². The van der Waals surface area contributed by atoms with Crippen LogP contribution in [0.2, 0.25) is 0 Å². The number of rotatable bonds is 2. The van der Waals surface area contributed by atoms with E-state index in [-0.39, 0.29) is 29.7 Å². The fourth-order valence-corrected chi connectivity index (χ4v) is 5.69. The number of allylic oxidation sites excluding steroid dienone is 2. The number of hydrogen-bond donors (Lipinski definition) is 5. The molecule has 1 aromatic carbocycles. The fraction of sp³-hybridized carbons (Fsp3) is 0.381. The molecule has 9 heteroatoms. The smallest absolute Gasteiger partial charge is 0.255 e. The van der Waals surface area contributed by atoms with E-state index < -0.39 is 52.0 Å². The molecule has 1 aromatic rings. The first-order valence-electron chi connectivity index (χ1n) is 9.54. The summed E-state index contributed by atoms with van der Waals surface area (Å²) >= 11 is 1.92. The van der Waals surface area contributed by atoms with E-state index in [1.165, 1.54) is 0 Å². The number of benzene rings is 1. The Morgan fingerprint density at radius 1 is 1.27 bits per heavy atom. The number of phenols is 1. The Hall–Kier alpha value is -2.40. The number of phenolic OH excluding ortho intramolecular Hbond substituents is 1. The molecule has 0 fully saturated rings. The molecule has 0 heterocycles. The SMILES string of the molecule is CCc1cc(I)c(O)c2c1C[C@H]1C[C@H]3CC(O)=C(C(N)=O)C(=O)[C@@]3(O)C(O)=C1C2=O. The number of primary amides is 1. The van der Waals surface area contributed by atoms with Crippen LogP contribution in [0.15, 0.2) is 28.7 Å². The van der Waals surface area contributed by atoms with E-state index in [2.05, 4.69) is 0 Å². The van der Waals surface area contributed by atoms with Gasteiger partial charge < -0.3 is 26.2 Å². The zero-order valence-electron chi connectivity index (χ0n) is 16.0. The second-order valence-electron chi connectivity index (χ2n) is 7.98. The average molecular weight is 525 g/mol. The molecule has 1 amide bonds. The van der Waals surface area contributed by atoms with Gasteiger partial charge >= 0.3 is 0 Å². The van der Waals surface area contributed by atoms with Gasteiger partial charge in [0.2, 0.25) is 5.78 Å². The molecule has 3 aliphatic rings. The first-order chi connectivity index (χ1) is 14.0. The minimum absolute atomic E-state index is 0.0652. The lowest BCUT2D eigenvalue weighted by Gasteiger charge is -2.45. The van der Waals surface area contributed by atoms with Gasteiger partial charge in [0.15, 0.2) is 11.4 Å². The van der Waals surface area contributed by atoms with E-state index in [9.17, 15) is 34.8 Å². The monoisotopic (exact) mass is 525 g/mol. The molecule has 4 rings (SSSR count). The number of carbonyl (C=O) groups excluding carboxylic acids is 3. The Balaban J connectivity index is 1.94. The molecule has 0 saturated heterocycles. The molecule has 0 saturated carbocycles.